The van der Waals surface area contributed by atoms with Crippen LogP contribution in [0.15, 0.2) is 24.4 Å². The van der Waals surface area contributed by atoms with Crippen LogP contribution in [0.3, 0.4) is 0 Å². The first-order valence-electron chi connectivity index (χ1n) is 5.91. The van der Waals surface area contributed by atoms with Crippen molar-refractivity contribution in [2.75, 3.05) is 5.32 Å². The number of hydrogen-bond donors (Lipinski definition) is 3. The number of rotatable bonds is 3. The highest BCUT2D eigenvalue weighted by Crippen LogP contribution is 2.18. The zero-order valence-corrected chi connectivity index (χ0v) is 10.4. The van der Waals surface area contributed by atoms with Gasteiger partial charge in [0.1, 0.15) is 0 Å². The number of nitrogens with zero attached hydrogens (tertiary/aromatic N) is 2. The maximum absolute atomic E-state index is 4.19. The SMILES string of the molecule is Cc1n[nH]c(C)c1CNc1ccc2[nH]ncc2c1. The van der Waals surface area contributed by atoms with E-state index >= 15 is 0 Å². The zero-order chi connectivity index (χ0) is 12.5. The molecule has 0 fully saturated rings. The molecule has 0 unspecified atom stereocenters. The van der Waals surface area contributed by atoms with Crippen molar-refractivity contribution in [3.05, 3.63) is 41.3 Å². The van der Waals surface area contributed by atoms with Crippen molar-refractivity contribution < 1.29 is 0 Å². The third kappa shape index (κ3) is 1.84. The number of aromatic nitrogens is 4. The summed E-state index contributed by atoms with van der Waals surface area (Å²) < 4.78 is 0. The molecule has 92 valence electrons. The summed E-state index contributed by atoms with van der Waals surface area (Å²) in [5, 5.41) is 18.7. The van der Waals surface area contributed by atoms with Gasteiger partial charge in [-0.05, 0) is 32.0 Å². The van der Waals surface area contributed by atoms with Gasteiger partial charge in [0, 0.05) is 28.9 Å². The molecule has 5 heteroatoms. The molecule has 3 rings (SSSR count). The molecule has 0 aliphatic rings. The van der Waals surface area contributed by atoms with Crippen LogP contribution in [0, 0.1) is 13.8 Å². The summed E-state index contributed by atoms with van der Waals surface area (Å²) in [6, 6.07) is 6.16. The van der Waals surface area contributed by atoms with E-state index < -0.39 is 0 Å². The summed E-state index contributed by atoms with van der Waals surface area (Å²) in [5.74, 6) is 0. The number of benzene rings is 1. The highest BCUT2D eigenvalue weighted by Gasteiger charge is 2.05. The highest BCUT2D eigenvalue weighted by atomic mass is 15.1. The fourth-order valence-electron chi connectivity index (χ4n) is 2.08. The Morgan fingerprint density at radius 3 is 2.89 bits per heavy atom. The zero-order valence-electron chi connectivity index (χ0n) is 10.4. The second-order valence-corrected chi connectivity index (χ2v) is 4.44. The summed E-state index contributed by atoms with van der Waals surface area (Å²) in [6.07, 6.45) is 1.83. The summed E-state index contributed by atoms with van der Waals surface area (Å²) in [6.45, 7) is 4.83. The Kier molecular flexibility index (Phi) is 2.51. The Morgan fingerprint density at radius 1 is 1.22 bits per heavy atom. The molecule has 18 heavy (non-hydrogen) atoms. The van der Waals surface area contributed by atoms with E-state index in [0.717, 1.165) is 34.5 Å². The predicted molar refractivity (Wildman–Crippen MR) is 71.5 cm³/mol. The van der Waals surface area contributed by atoms with Crippen LogP contribution in [0.4, 0.5) is 5.69 Å². The van der Waals surface area contributed by atoms with Gasteiger partial charge in [0.15, 0.2) is 0 Å². The molecule has 3 aromatic rings. The number of H-pyrrole nitrogens is 2. The molecule has 0 saturated carbocycles. The van der Waals surface area contributed by atoms with E-state index in [0.29, 0.717) is 0 Å². The van der Waals surface area contributed by atoms with Crippen LogP contribution in [0.2, 0.25) is 0 Å². The summed E-state index contributed by atoms with van der Waals surface area (Å²) in [4.78, 5) is 0. The number of aromatic amines is 2. The van der Waals surface area contributed by atoms with Gasteiger partial charge in [0.05, 0.1) is 17.4 Å². The van der Waals surface area contributed by atoms with E-state index in [1.54, 1.807) is 0 Å². The molecule has 0 saturated heterocycles. The van der Waals surface area contributed by atoms with E-state index in [-0.39, 0.29) is 0 Å². The third-order valence-electron chi connectivity index (χ3n) is 3.19. The molecule has 5 nitrogen and oxygen atoms in total. The number of anilines is 1. The lowest BCUT2D eigenvalue weighted by molar-refractivity contribution is 1.02. The first-order chi connectivity index (χ1) is 8.74. The first-order valence-corrected chi connectivity index (χ1v) is 5.91. The lowest BCUT2D eigenvalue weighted by Crippen LogP contribution is -2.01. The molecule has 0 atom stereocenters. The molecule has 2 aromatic heterocycles. The van der Waals surface area contributed by atoms with Crippen molar-refractivity contribution in [1.82, 2.24) is 20.4 Å². The standard InChI is InChI=1S/C13H15N5/c1-8-12(9(2)17-16-8)7-14-11-3-4-13-10(5-11)6-15-18-13/h3-6,14H,7H2,1-2H3,(H,15,18)(H,16,17). The van der Waals surface area contributed by atoms with Crippen molar-refractivity contribution >= 4 is 16.6 Å². The van der Waals surface area contributed by atoms with Crippen LogP contribution in [0.5, 0.6) is 0 Å². The average molecular weight is 241 g/mol. The van der Waals surface area contributed by atoms with Gasteiger partial charge < -0.3 is 5.32 Å². The minimum atomic E-state index is 0.775. The van der Waals surface area contributed by atoms with E-state index in [1.807, 2.05) is 32.2 Å². The molecule has 0 radical (unpaired) electrons. The molecule has 1 aromatic carbocycles. The summed E-state index contributed by atoms with van der Waals surface area (Å²) in [5.41, 5.74) is 5.52. The third-order valence-corrected chi connectivity index (χ3v) is 3.19. The second-order valence-electron chi connectivity index (χ2n) is 4.44. The maximum Gasteiger partial charge on any atom is 0.0651 e. The van der Waals surface area contributed by atoms with Gasteiger partial charge in [-0.15, -0.1) is 0 Å². The van der Waals surface area contributed by atoms with Crippen molar-refractivity contribution in [2.45, 2.75) is 20.4 Å². The van der Waals surface area contributed by atoms with Gasteiger partial charge in [-0.1, -0.05) is 0 Å². The summed E-state index contributed by atoms with van der Waals surface area (Å²) in [7, 11) is 0. The smallest absolute Gasteiger partial charge is 0.0651 e. The quantitative estimate of drug-likeness (QED) is 0.660. The van der Waals surface area contributed by atoms with Gasteiger partial charge in [-0.3, -0.25) is 10.2 Å². The van der Waals surface area contributed by atoms with Crippen LogP contribution >= 0.6 is 0 Å². The van der Waals surface area contributed by atoms with E-state index in [4.69, 9.17) is 0 Å². The molecule has 3 N–H and O–H groups in total. The van der Waals surface area contributed by atoms with Crippen molar-refractivity contribution in [3.8, 4) is 0 Å². The van der Waals surface area contributed by atoms with Crippen LogP contribution in [-0.4, -0.2) is 20.4 Å². The van der Waals surface area contributed by atoms with Crippen LogP contribution in [0.25, 0.3) is 10.9 Å². The van der Waals surface area contributed by atoms with Crippen molar-refractivity contribution in [3.63, 3.8) is 0 Å². The number of fused-ring (bicyclic) bond motifs is 1. The lowest BCUT2D eigenvalue weighted by atomic mass is 10.2. The molecule has 0 bridgehead atoms. The number of aryl methyl sites for hydroxylation is 2. The minimum absolute atomic E-state index is 0.775. The average Bonchev–Trinajstić information content (AvgIpc) is 2.94. The van der Waals surface area contributed by atoms with Gasteiger partial charge in [0.25, 0.3) is 0 Å². The van der Waals surface area contributed by atoms with E-state index in [1.165, 1.54) is 5.56 Å². The fraction of sp³-hybridized carbons (Fsp3) is 0.231. The molecule has 0 aliphatic carbocycles. The molecule has 0 amide bonds. The van der Waals surface area contributed by atoms with Crippen molar-refractivity contribution in [1.29, 1.82) is 0 Å². The highest BCUT2D eigenvalue weighted by molar-refractivity contribution is 5.81. The largest absolute Gasteiger partial charge is 0.381 e. The Balaban J connectivity index is 1.80. The minimum Gasteiger partial charge on any atom is -0.381 e. The lowest BCUT2D eigenvalue weighted by Gasteiger charge is -2.06. The predicted octanol–water partition coefficient (Wildman–Crippen LogP) is 2.51. The Bertz CT molecular complexity index is 660. The van der Waals surface area contributed by atoms with Crippen LogP contribution in [0.1, 0.15) is 17.0 Å². The Morgan fingerprint density at radius 2 is 2.11 bits per heavy atom. The second kappa shape index (κ2) is 4.18. The molecule has 2 heterocycles. The summed E-state index contributed by atoms with van der Waals surface area (Å²) >= 11 is 0. The maximum atomic E-state index is 4.19. The van der Waals surface area contributed by atoms with Crippen LogP contribution in [-0.2, 0) is 6.54 Å². The fourth-order valence-corrected chi connectivity index (χ4v) is 2.08. The molecular weight excluding hydrogens is 226 g/mol. The van der Waals surface area contributed by atoms with Crippen LogP contribution < -0.4 is 5.32 Å². The van der Waals surface area contributed by atoms with E-state index in [9.17, 15) is 0 Å². The topological polar surface area (TPSA) is 69.4 Å². The van der Waals surface area contributed by atoms with Gasteiger partial charge in [-0.25, -0.2) is 0 Å². The van der Waals surface area contributed by atoms with Gasteiger partial charge in [-0.2, -0.15) is 10.2 Å². The molecular formula is C13H15N5. The normalized spacial score (nSPS) is 11.0. The number of nitrogens with one attached hydrogen (secondary N) is 3. The first kappa shape index (κ1) is 10.8. The van der Waals surface area contributed by atoms with Crippen molar-refractivity contribution in [2.24, 2.45) is 0 Å². The van der Waals surface area contributed by atoms with E-state index in [2.05, 4.69) is 31.8 Å². The molecule has 0 spiro atoms. The molecule has 0 aliphatic heterocycles. The van der Waals surface area contributed by atoms with Gasteiger partial charge in [0.2, 0.25) is 0 Å². The Hall–Kier alpha value is -2.30. The monoisotopic (exact) mass is 241 g/mol. The van der Waals surface area contributed by atoms with Gasteiger partial charge >= 0.3 is 0 Å². The Labute approximate surface area is 105 Å². The number of hydrogen-bond acceptors (Lipinski definition) is 3.